The van der Waals surface area contributed by atoms with E-state index in [-0.39, 0.29) is 5.41 Å². The van der Waals surface area contributed by atoms with Crippen LogP contribution >= 0.6 is 0 Å². The first-order chi connectivity index (χ1) is 8.82. The second-order valence-corrected chi connectivity index (χ2v) is 5.60. The molecule has 1 aromatic rings. The van der Waals surface area contributed by atoms with Gasteiger partial charge in [0, 0.05) is 6.54 Å². The highest BCUT2D eigenvalue weighted by molar-refractivity contribution is 5.96. The number of hydrogen-bond acceptors (Lipinski definition) is 2. The Morgan fingerprint density at radius 1 is 1.26 bits per heavy atom. The molecule has 0 aliphatic rings. The van der Waals surface area contributed by atoms with Crippen molar-refractivity contribution in [2.24, 2.45) is 11.3 Å². The van der Waals surface area contributed by atoms with Gasteiger partial charge in [0.15, 0.2) is 0 Å². The second kappa shape index (κ2) is 6.36. The third-order valence-corrected chi connectivity index (χ3v) is 3.03. The molecule has 0 aliphatic carbocycles. The molecular formula is C15H21NO3. The fourth-order valence-corrected chi connectivity index (χ4v) is 1.80. The van der Waals surface area contributed by atoms with Crippen molar-refractivity contribution in [2.45, 2.75) is 27.2 Å². The summed E-state index contributed by atoms with van der Waals surface area (Å²) in [6, 6.07) is 10.0. The minimum absolute atomic E-state index is 0.116. The van der Waals surface area contributed by atoms with Crippen LogP contribution < -0.4 is 5.32 Å². The maximum Gasteiger partial charge on any atom is 0.315 e. The average molecular weight is 263 g/mol. The maximum absolute atomic E-state index is 11.6. The van der Waals surface area contributed by atoms with Crippen LogP contribution in [0, 0.1) is 11.3 Å². The number of carbonyl (C=O) groups is 2. The SMILES string of the molecule is CC(C(=O)O)C(=O)NCC(C)(C)Cc1ccccc1. The summed E-state index contributed by atoms with van der Waals surface area (Å²) in [6.45, 7) is 5.94. The minimum atomic E-state index is -1.10. The lowest BCUT2D eigenvalue weighted by molar-refractivity contribution is -0.146. The number of nitrogens with one attached hydrogen (secondary N) is 1. The van der Waals surface area contributed by atoms with E-state index in [2.05, 4.69) is 5.32 Å². The molecule has 1 aromatic carbocycles. The Balaban J connectivity index is 2.51. The lowest BCUT2D eigenvalue weighted by Gasteiger charge is -2.25. The molecule has 0 aliphatic heterocycles. The molecule has 0 saturated heterocycles. The zero-order valence-electron chi connectivity index (χ0n) is 11.6. The normalized spacial score (nSPS) is 12.8. The van der Waals surface area contributed by atoms with E-state index in [1.54, 1.807) is 0 Å². The highest BCUT2D eigenvalue weighted by atomic mass is 16.4. The molecule has 0 saturated carbocycles. The van der Waals surface area contributed by atoms with Crippen molar-refractivity contribution in [2.75, 3.05) is 6.54 Å². The average Bonchev–Trinajstić information content (AvgIpc) is 2.35. The van der Waals surface area contributed by atoms with E-state index >= 15 is 0 Å². The standard InChI is InChI=1S/C15H21NO3/c1-11(14(18)19)13(17)16-10-15(2,3)9-12-7-5-4-6-8-12/h4-8,11H,9-10H2,1-3H3,(H,16,17)(H,18,19). The Labute approximate surface area is 113 Å². The molecular weight excluding hydrogens is 242 g/mol. The van der Waals surface area contributed by atoms with Crippen molar-refractivity contribution in [3.8, 4) is 0 Å². The van der Waals surface area contributed by atoms with Crippen LogP contribution in [0.25, 0.3) is 0 Å². The first-order valence-electron chi connectivity index (χ1n) is 6.36. The summed E-state index contributed by atoms with van der Waals surface area (Å²) >= 11 is 0. The van der Waals surface area contributed by atoms with Gasteiger partial charge in [0.1, 0.15) is 5.92 Å². The van der Waals surface area contributed by atoms with Gasteiger partial charge < -0.3 is 10.4 Å². The predicted molar refractivity (Wildman–Crippen MR) is 73.7 cm³/mol. The van der Waals surface area contributed by atoms with Crippen molar-refractivity contribution in [3.63, 3.8) is 0 Å². The van der Waals surface area contributed by atoms with Crippen LogP contribution in [0.2, 0.25) is 0 Å². The van der Waals surface area contributed by atoms with Crippen LogP contribution in [0.5, 0.6) is 0 Å². The molecule has 104 valence electrons. The molecule has 0 aromatic heterocycles. The molecule has 0 bridgehead atoms. The topological polar surface area (TPSA) is 66.4 Å². The largest absolute Gasteiger partial charge is 0.481 e. The van der Waals surface area contributed by atoms with Gasteiger partial charge in [0.2, 0.25) is 5.91 Å². The lowest BCUT2D eigenvalue weighted by Crippen LogP contribution is -2.40. The van der Waals surface area contributed by atoms with Gasteiger partial charge in [0.25, 0.3) is 0 Å². The van der Waals surface area contributed by atoms with E-state index in [9.17, 15) is 9.59 Å². The van der Waals surface area contributed by atoms with Gasteiger partial charge in [0.05, 0.1) is 0 Å². The van der Waals surface area contributed by atoms with Gasteiger partial charge in [-0.15, -0.1) is 0 Å². The van der Waals surface area contributed by atoms with E-state index in [0.717, 1.165) is 6.42 Å². The zero-order valence-corrected chi connectivity index (χ0v) is 11.6. The number of carboxylic acid groups (broad SMARTS) is 1. The molecule has 0 radical (unpaired) electrons. The highest BCUT2D eigenvalue weighted by Gasteiger charge is 2.24. The van der Waals surface area contributed by atoms with Gasteiger partial charge in [-0.05, 0) is 24.3 Å². The quantitative estimate of drug-likeness (QED) is 0.772. The molecule has 0 spiro atoms. The second-order valence-electron chi connectivity index (χ2n) is 5.60. The van der Waals surface area contributed by atoms with E-state index in [1.807, 2.05) is 44.2 Å². The van der Waals surface area contributed by atoms with E-state index in [1.165, 1.54) is 12.5 Å². The summed E-state index contributed by atoms with van der Waals surface area (Å²) in [5.74, 6) is -2.54. The van der Waals surface area contributed by atoms with Crippen LogP contribution in [-0.2, 0) is 16.0 Å². The molecule has 4 heteroatoms. The fourth-order valence-electron chi connectivity index (χ4n) is 1.80. The summed E-state index contributed by atoms with van der Waals surface area (Å²) < 4.78 is 0. The third kappa shape index (κ3) is 5.12. The van der Waals surface area contributed by atoms with Crippen LogP contribution in [0.3, 0.4) is 0 Å². The Kier molecular flexibility index (Phi) is 5.10. The summed E-state index contributed by atoms with van der Waals surface area (Å²) in [4.78, 5) is 22.3. The molecule has 1 atom stereocenters. The lowest BCUT2D eigenvalue weighted by atomic mass is 9.85. The van der Waals surface area contributed by atoms with Crippen molar-refractivity contribution in [1.82, 2.24) is 5.32 Å². The van der Waals surface area contributed by atoms with Gasteiger partial charge in [-0.25, -0.2) is 0 Å². The molecule has 2 N–H and O–H groups in total. The summed E-state index contributed by atoms with van der Waals surface area (Å²) in [5.41, 5.74) is 1.09. The Hall–Kier alpha value is -1.84. The van der Waals surface area contributed by atoms with Crippen molar-refractivity contribution in [1.29, 1.82) is 0 Å². The molecule has 4 nitrogen and oxygen atoms in total. The number of carbonyl (C=O) groups excluding carboxylic acids is 1. The molecule has 19 heavy (non-hydrogen) atoms. The summed E-state index contributed by atoms with van der Waals surface area (Å²) in [5, 5.41) is 11.5. The minimum Gasteiger partial charge on any atom is -0.481 e. The maximum atomic E-state index is 11.6. The van der Waals surface area contributed by atoms with Crippen LogP contribution in [0.1, 0.15) is 26.3 Å². The van der Waals surface area contributed by atoms with Crippen molar-refractivity contribution < 1.29 is 14.7 Å². The Morgan fingerprint density at radius 3 is 2.37 bits per heavy atom. The van der Waals surface area contributed by atoms with Gasteiger partial charge in [-0.3, -0.25) is 9.59 Å². The van der Waals surface area contributed by atoms with E-state index in [0.29, 0.717) is 6.54 Å². The Morgan fingerprint density at radius 2 is 1.84 bits per heavy atom. The highest BCUT2D eigenvalue weighted by Crippen LogP contribution is 2.20. The van der Waals surface area contributed by atoms with Crippen LogP contribution in [0.15, 0.2) is 30.3 Å². The summed E-state index contributed by atoms with van der Waals surface area (Å²) in [7, 11) is 0. The Bertz CT molecular complexity index is 440. The van der Waals surface area contributed by atoms with Crippen LogP contribution in [0.4, 0.5) is 0 Å². The van der Waals surface area contributed by atoms with Gasteiger partial charge >= 0.3 is 5.97 Å². The number of rotatable bonds is 6. The third-order valence-electron chi connectivity index (χ3n) is 3.03. The van der Waals surface area contributed by atoms with E-state index in [4.69, 9.17) is 5.11 Å². The van der Waals surface area contributed by atoms with Crippen molar-refractivity contribution >= 4 is 11.9 Å². The molecule has 1 unspecified atom stereocenters. The first kappa shape index (κ1) is 15.2. The number of hydrogen-bond donors (Lipinski definition) is 2. The predicted octanol–water partition coefficient (Wildman–Crippen LogP) is 2.09. The van der Waals surface area contributed by atoms with E-state index < -0.39 is 17.8 Å². The zero-order chi connectivity index (χ0) is 14.5. The van der Waals surface area contributed by atoms with Gasteiger partial charge in [-0.1, -0.05) is 44.2 Å². The molecule has 1 amide bonds. The van der Waals surface area contributed by atoms with Crippen molar-refractivity contribution in [3.05, 3.63) is 35.9 Å². The first-order valence-corrected chi connectivity index (χ1v) is 6.36. The number of carboxylic acids is 1. The molecule has 1 rings (SSSR count). The number of amides is 1. The summed E-state index contributed by atoms with van der Waals surface area (Å²) in [6.07, 6.45) is 0.829. The molecule has 0 heterocycles. The number of benzene rings is 1. The number of aliphatic carboxylic acids is 1. The van der Waals surface area contributed by atoms with Crippen LogP contribution in [-0.4, -0.2) is 23.5 Å². The van der Waals surface area contributed by atoms with Gasteiger partial charge in [-0.2, -0.15) is 0 Å². The fraction of sp³-hybridized carbons (Fsp3) is 0.467. The monoisotopic (exact) mass is 263 g/mol. The molecule has 0 fully saturated rings. The smallest absolute Gasteiger partial charge is 0.315 e.